The van der Waals surface area contributed by atoms with Gasteiger partial charge in [-0.25, -0.2) is 10.3 Å². The molecule has 0 spiro atoms. The van der Waals surface area contributed by atoms with Crippen molar-refractivity contribution in [3.8, 4) is 0 Å². The van der Waals surface area contributed by atoms with Crippen molar-refractivity contribution in [1.82, 2.24) is 21.4 Å². The Morgan fingerprint density at radius 1 is 1.13 bits per heavy atom. The van der Waals surface area contributed by atoms with Gasteiger partial charge in [-0.1, -0.05) is 44.2 Å². The largest absolute Gasteiger partial charge is 0.445 e. The Labute approximate surface area is 181 Å². The third-order valence-corrected chi connectivity index (χ3v) is 4.95. The molecule has 4 amide bonds. The van der Waals surface area contributed by atoms with Crippen molar-refractivity contribution >= 4 is 23.8 Å². The summed E-state index contributed by atoms with van der Waals surface area (Å²) in [6, 6.07) is 7.04. The molecule has 31 heavy (non-hydrogen) atoms. The fraction of sp³-hybridized carbons (Fsp3) is 0.524. The second-order valence-corrected chi connectivity index (χ2v) is 7.94. The highest BCUT2D eigenvalue weighted by atomic mass is 16.5. The molecule has 1 aliphatic heterocycles. The normalized spacial score (nSPS) is 17.4. The summed E-state index contributed by atoms with van der Waals surface area (Å²) in [5, 5.41) is 16.8. The summed E-state index contributed by atoms with van der Waals surface area (Å²) in [7, 11) is 0. The zero-order chi connectivity index (χ0) is 22.8. The van der Waals surface area contributed by atoms with Crippen molar-refractivity contribution in [3.63, 3.8) is 0 Å². The van der Waals surface area contributed by atoms with Gasteiger partial charge in [-0.15, -0.1) is 0 Å². The Balaban J connectivity index is 1.99. The maximum atomic E-state index is 12.8. The minimum Gasteiger partial charge on any atom is -0.445 e. The maximum Gasteiger partial charge on any atom is 0.408 e. The maximum absolute atomic E-state index is 12.8. The summed E-state index contributed by atoms with van der Waals surface area (Å²) in [4.78, 5) is 48.9. The smallest absolute Gasteiger partial charge is 0.408 e. The highest BCUT2D eigenvalue weighted by Gasteiger charge is 2.33. The van der Waals surface area contributed by atoms with E-state index in [2.05, 4.69) is 16.0 Å². The highest BCUT2D eigenvalue weighted by molar-refractivity contribution is 5.91. The van der Waals surface area contributed by atoms with E-state index in [0.29, 0.717) is 19.4 Å². The van der Waals surface area contributed by atoms with Crippen LogP contribution in [0.25, 0.3) is 0 Å². The fourth-order valence-corrected chi connectivity index (χ4v) is 3.35. The van der Waals surface area contributed by atoms with E-state index in [1.54, 1.807) is 0 Å². The molecule has 0 aromatic heterocycles. The van der Waals surface area contributed by atoms with Crippen molar-refractivity contribution in [2.45, 2.75) is 51.8 Å². The summed E-state index contributed by atoms with van der Waals surface area (Å²) in [5.41, 5.74) is 2.32. The van der Waals surface area contributed by atoms with Gasteiger partial charge < -0.3 is 20.7 Å². The van der Waals surface area contributed by atoms with Gasteiger partial charge in [0.25, 0.3) is 5.91 Å². The number of hydroxylamine groups is 1. The number of hydrogen-bond acceptors (Lipinski definition) is 6. The molecule has 1 heterocycles. The number of amides is 4. The van der Waals surface area contributed by atoms with Gasteiger partial charge >= 0.3 is 6.09 Å². The number of carbonyl (C=O) groups is 4. The van der Waals surface area contributed by atoms with Gasteiger partial charge in [0, 0.05) is 12.5 Å². The first kappa shape index (κ1) is 24.1. The van der Waals surface area contributed by atoms with Gasteiger partial charge in [0.1, 0.15) is 18.7 Å². The predicted octanol–water partition coefficient (Wildman–Crippen LogP) is 0.844. The predicted molar refractivity (Wildman–Crippen MR) is 111 cm³/mol. The van der Waals surface area contributed by atoms with Crippen molar-refractivity contribution in [3.05, 3.63) is 35.9 Å². The molecule has 3 atom stereocenters. The van der Waals surface area contributed by atoms with Crippen LogP contribution < -0.4 is 21.4 Å². The van der Waals surface area contributed by atoms with E-state index in [1.807, 2.05) is 44.2 Å². The van der Waals surface area contributed by atoms with Gasteiger partial charge in [-0.3, -0.25) is 19.6 Å². The van der Waals surface area contributed by atoms with E-state index in [9.17, 15) is 19.2 Å². The van der Waals surface area contributed by atoms with Crippen LogP contribution in [0, 0.1) is 11.8 Å². The second-order valence-electron chi connectivity index (χ2n) is 7.94. The van der Waals surface area contributed by atoms with Gasteiger partial charge in [-0.05, 0) is 30.7 Å². The number of alkyl carbamates (subject to hydrolysis) is 1. The van der Waals surface area contributed by atoms with Gasteiger partial charge in [-0.2, -0.15) is 0 Å². The third kappa shape index (κ3) is 7.89. The average Bonchev–Trinajstić information content (AvgIpc) is 3.15. The van der Waals surface area contributed by atoms with E-state index >= 15 is 0 Å². The summed E-state index contributed by atoms with van der Waals surface area (Å²) in [6.45, 7) is 4.32. The van der Waals surface area contributed by atoms with Crippen LogP contribution in [0.3, 0.4) is 0 Å². The molecule has 0 aliphatic carbocycles. The lowest BCUT2D eigenvalue weighted by Gasteiger charge is -2.24. The Bertz CT molecular complexity index is 770. The van der Waals surface area contributed by atoms with E-state index in [0.717, 1.165) is 5.56 Å². The Morgan fingerprint density at radius 3 is 2.42 bits per heavy atom. The van der Waals surface area contributed by atoms with Crippen LogP contribution in [-0.2, 0) is 25.7 Å². The van der Waals surface area contributed by atoms with E-state index in [1.165, 1.54) is 5.48 Å². The molecule has 0 radical (unpaired) electrons. The minimum atomic E-state index is -1.12. The summed E-state index contributed by atoms with van der Waals surface area (Å²) >= 11 is 0. The molecule has 0 bridgehead atoms. The lowest BCUT2D eigenvalue weighted by atomic mass is 9.97. The summed E-state index contributed by atoms with van der Waals surface area (Å²) in [6.07, 6.45) is 0.118. The van der Waals surface area contributed by atoms with Crippen LogP contribution in [0.5, 0.6) is 0 Å². The molecule has 1 aromatic rings. The summed E-state index contributed by atoms with van der Waals surface area (Å²) in [5.74, 6) is -2.02. The quantitative estimate of drug-likeness (QED) is 0.273. The highest BCUT2D eigenvalue weighted by Crippen LogP contribution is 2.17. The number of hydrogen-bond donors (Lipinski definition) is 5. The Kier molecular flexibility index (Phi) is 9.26. The number of nitrogens with one attached hydrogen (secondary N) is 4. The molecule has 1 unspecified atom stereocenters. The molecule has 1 aromatic carbocycles. The molecular weight excluding hydrogens is 404 g/mol. The molecule has 2 rings (SSSR count). The number of rotatable bonds is 10. The molecule has 5 N–H and O–H groups in total. The lowest BCUT2D eigenvalue weighted by molar-refractivity contribution is -0.136. The fourth-order valence-electron chi connectivity index (χ4n) is 3.35. The molecule has 10 heteroatoms. The Hall–Kier alpha value is -3.14. The van der Waals surface area contributed by atoms with Crippen LogP contribution >= 0.6 is 0 Å². The van der Waals surface area contributed by atoms with E-state index < -0.39 is 35.9 Å². The topological polar surface area (TPSA) is 146 Å². The summed E-state index contributed by atoms with van der Waals surface area (Å²) < 4.78 is 5.18. The van der Waals surface area contributed by atoms with Crippen LogP contribution in [0.4, 0.5) is 4.79 Å². The molecule has 10 nitrogen and oxygen atoms in total. The SMILES string of the molecule is CC(C)C[C@@H](NC(=O)OCc1ccccc1)C(=O)N[C@H](CC1CCNC1=O)C(=O)NO. The lowest BCUT2D eigenvalue weighted by Crippen LogP contribution is -2.54. The van der Waals surface area contributed by atoms with Crippen LogP contribution in [0.2, 0.25) is 0 Å². The second kappa shape index (κ2) is 11.9. The van der Waals surface area contributed by atoms with Gasteiger partial charge in [0.2, 0.25) is 11.8 Å². The van der Waals surface area contributed by atoms with E-state index in [-0.39, 0.29) is 24.9 Å². The first-order chi connectivity index (χ1) is 14.8. The standard InChI is InChI=1S/C21H30N4O6/c1-13(2)10-16(24-21(29)31-12-14-6-4-3-5-7-14)19(27)23-17(20(28)25-30)11-15-8-9-22-18(15)26/h3-7,13,15-17,30H,8-12H2,1-2H3,(H,22,26)(H,23,27)(H,24,29)(H,25,28)/t15?,16-,17-/m1/s1. The average molecular weight is 434 g/mol. The number of ether oxygens (including phenoxy) is 1. The number of carbonyl (C=O) groups excluding carboxylic acids is 4. The van der Waals surface area contributed by atoms with Gasteiger partial charge in [0.15, 0.2) is 0 Å². The van der Waals surface area contributed by atoms with Crippen molar-refractivity contribution in [2.24, 2.45) is 11.8 Å². The van der Waals surface area contributed by atoms with Crippen LogP contribution in [-0.4, -0.2) is 47.7 Å². The minimum absolute atomic E-state index is 0.0385. The first-order valence-corrected chi connectivity index (χ1v) is 10.3. The molecule has 1 aliphatic rings. The molecule has 1 fully saturated rings. The molecule has 0 saturated carbocycles. The van der Waals surface area contributed by atoms with Gasteiger partial charge in [0.05, 0.1) is 0 Å². The van der Waals surface area contributed by atoms with Crippen molar-refractivity contribution < 1.29 is 29.1 Å². The van der Waals surface area contributed by atoms with Crippen molar-refractivity contribution in [2.75, 3.05) is 6.54 Å². The molecule has 170 valence electrons. The third-order valence-electron chi connectivity index (χ3n) is 4.95. The first-order valence-electron chi connectivity index (χ1n) is 10.3. The zero-order valence-corrected chi connectivity index (χ0v) is 17.7. The van der Waals surface area contributed by atoms with E-state index in [4.69, 9.17) is 9.94 Å². The Morgan fingerprint density at radius 2 is 1.84 bits per heavy atom. The van der Waals surface area contributed by atoms with Crippen LogP contribution in [0.15, 0.2) is 30.3 Å². The molecular formula is C21H30N4O6. The monoisotopic (exact) mass is 434 g/mol. The number of benzene rings is 1. The zero-order valence-electron chi connectivity index (χ0n) is 17.7. The van der Waals surface area contributed by atoms with Crippen LogP contribution in [0.1, 0.15) is 38.7 Å². The molecule has 1 saturated heterocycles. The van der Waals surface area contributed by atoms with Crippen molar-refractivity contribution in [1.29, 1.82) is 0 Å².